The van der Waals surface area contributed by atoms with Crippen molar-refractivity contribution in [3.8, 4) is 0 Å². The second kappa shape index (κ2) is 11.3. The highest BCUT2D eigenvalue weighted by molar-refractivity contribution is 7.95. The molecule has 0 heterocycles. The Bertz CT molecular complexity index is 465. The molecule has 0 aliphatic carbocycles. The van der Waals surface area contributed by atoms with Crippen LogP contribution in [-0.2, 0) is 14.4 Å². The number of amides is 2. The van der Waals surface area contributed by atoms with Gasteiger partial charge in [-0.05, 0) is 18.3 Å². The standard InChI is InChI=1S/C15H29FN4O4S/c1-7(2)5-9(18)13(21)19-10(6-17)14(22)20-11(15(23)24)12(25-16)8(3)4/h7-12H,5-6,17-18H2,1-4H3,(H,19,21)(H,20,22)(H,23,24)/t9-,10-,11-,12?/m0/s1. The molecule has 0 rings (SSSR count). The number of rotatable bonds is 11. The molecule has 0 saturated carbocycles. The first-order valence-electron chi connectivity index (χ1n) is 8.11. The normalized spacial score (nSPS) is 16.2. The zero-order valence-corrected chi connectivity index (χ0v) is 15.8. The van der Waals surface area contributed by atoms with Crippen LogP contribution >= 0.6 is 12.1 Å². The molecule has 10 heteroatoms. The van der Waals surface area contributed by atoms with Crippen molar-refractivity contribution < 1.29 is 23.4 Å². The first-order valence-corrected chi connectivity index (χ1v) is 8.89. The Kier molecular flexibility index (Phi) is 10.6. The molecule has 1 unspecified atom stereocenters. The maximum absolute atomic E-state index is 13.1. The number of carboxylic acid groups (broad SMARTS) is 1. The lowest BCUT2D eigenvalue weighted by Gasteiger charge is -2.27. The fourth-order valence-electron chi connectivity index (χ4n) is 2.20. The summed E-state index contributed by atoms with van der Waals surface area (Å²) in [6.45, 7) is 6.85. The summed E-state index contributed by atoms with van der Waals surface area (Å²) >= 11 is -0.133. The molecular formula is C15H29FN4O4S. The zero-order valence-electron chi connectivity index (χ0n) is 15.0. The zero-order chi connectivity index (χ0) is 19.7. The van der Waals surface area contributed by atoms with Gasteiger partial charge < -0.3 is 27.2 Å². The third-order valence-electron chi connectivity index (χ3n) is 3.58. The minimum atomic E-state index is -1.45. The number of aliphatic carboxylic acids is 1. The SMILES string of the molecule is CC(C)C[C@H](N)C(=O)N[C@@H](CN)C(=O)N[C@H](C(=O)O)C(SF)C(C)C. The molecule has 0 aromatic rings. The van der Waals surface area contributed by atoms with Crippen LogP contribution in [0.15, 0.2) is 0 Å². The number of nitrogens with one attached hydrogen (secondary N) is 2. The number of carboxylic acids is 1. The highest BCUT2D eigenvalue weighted by Gasteiger charge is 2.35. The van der Waals surface area contributed by atoms with E-state index in [1.54, 1.807) is 13.8 Å². The molecule has 0 aromatic carbocycles. The predicted molar refractivity (Wildman–Crippen MR) is 95.3 cm³/mol. The average Bonchev–Trinajstić information content (AvgIpc) is 2.50. The van der Waals surface area contributed by atoms with Gasteiger partial charge in [0.1, 0.15) is 12.1 Å². The van der Waals surface area contributed by atoms with E-state index in [1.165, 1.54) is 0 Å². The van der Waals surface area contributed by atoms with Gasteiger partial charge in [-0.3, -0.25) is 9.59 Å². The van der Waals surface area contributed by atoms with Crippen LogP contribution in [0.2, 0.25) is 0 Å². The van der Waals surface area contributed by atoms with Crippen LogP contribution in [0.5, 0.6) is 0 Å². The van der Waals surface area contributed by atoms with Gasteiger partial charge in [0.05, 0.1) is 23.4 Å². The molecular weight excluding hydrogens is 351 g/mol. The number of carbonyl (C=O) groups excluding carboxylic acids is 2. The van der Waals surface area contributed by atoms with Gasteiger partial charge in [0.25, 0.3) is 0 Å². The number of carbonyl (C=O) groups is 3. The molecule has 0 fully saturated rings. The molecule has 0 saturated heterocycles. The van der Waals surface area contributed by atoms with Crippen LogP contribution in [0.1, 0.15) is 34.1 Å². The van der Waals surface area contributed by atoms with E-state index in [-0.39, 0.29) is 30.5 Å². The summed E-state index contributed by atoms with van der Waals surface area (Å²) in [5.74, 6) is -2.85. The average molecular weight is 380 g/mol. The van der Waals surface area contributed by atoms with E-state index in [9.17, 15) is 23.4 Å². The van der Waals surface area contributed by atoms with E-state index < -0.39 is 41.2 Å². The lowest BCUT2D eigenvalue weighted by atomic mass is 10.0. The molecule has 0 bridgehead atoms. The monoisotopic (exact) mass is 380 g/mol. The van der Waals surface area contributed by atoms with Gasteiger partial charge in [0.2, 0.25) is 11.8 Å². The Morgan fingerprint density at radius 3 is 2.04 bits per heavy atom. The van der Waals surface area contributed by atoms with Crippen LogP contribution in [0.25, 0.3) is 0 Å². The first kappa shape index (κ1) is 23.6. The smallest absolute Gasteiger partial charge is 0.327 e. The van der Waals surface area contributed by atoms with Crippen molar-refractivity contribution in [2.75, 3.05) is 6.54 Å². The van der Waals surface area contributed by atoms with Crippen molar-refractivity contribution in [3.63, 3.8) is 0 Å². The van der Waals surface area contributed by atoms with Gasteiger partial charge >= 0.3 is 5.97 Å². The van der Waals surface area contributed by atoms with E-state index in [0.29, 0.717) is 6.42 Å². The minimum absolute atomic E-state index is 0.133. The predicted octanol–water partition coefficient (Wildman–Crippen LogP) is 0.0150. The van der Waals surface area contributed by atoms with Crippen molar-refractivity contribution in [1.29, 1.82) is 0 Å². The summed E-state index contributed by atoms with van der Waals surface area (Å²) in [5, 5.41) is 12.9. The summed E-state index contributed by atoms with van der Waals surface area (Å²) in [4.78, 5) is 35.7. The topological polar surface area (TPSA) is 148 Å². The Morgan fingerprint density at radius 1 is 1.12 bits per heavy atom. The summed E-state index contributed by atoms with van der Waals surface area (Å²) in [6.07, 6.45) is 0.427. The van der Waals surface area contributed by atoms with Crippen LogP contribution < -0.4 is 22.1 Å². The van der Waals surface area contributed by atoms with Crippen molar-refractivity contribution in [3.05, 3.63) is 0 Å². The Morgan fingerprint density at radius 2 is 1.68 bits per heavy atom. The van der Waals surface area contributed by atoms with Gasteiger partial charge in [0, 0.05) is 6.54 Å². The second-order valence-electron chi connectivity index (χ2n) is 6.66. The molecule has 0 aliphatic rings. The molecule has 0 radical (unpaired) electrons. The van der Waals surface area contributed by atoms with Crippen LogP contribution in [0, 0.1) is 11.8 Å². The number of hydrogen-bond donors (Lipinski definition) is 5. The van der Waals surface area contributed by atoms with E-state index >= 15 is 0 Å². The third kappa shape index (κ3) is 8.02. The van der Waals surface area contributed by atoms with Crippen molar-refractivity contribution in [2.24, 2.45) is 23.3 Å². The Hall–Kier alpha value is -1.39. The molecule has 0 aliphatic heterocycles. The summed E-state index contributed by atoms with van der Waals surface area (Å²) < 4.78 is 13.1. The molecule has 4 atom stereocenters. The molecule has 2 amide bonds. The lowest BCUT2D eigenvalue weighted by Crippen LogP contribution is -2.59. The summed E-state index contributed by atoms with van der Waals surface area (Å²) in [5.41, 5.74) is 11.2. The highest BCUT2D eigenvalue weighted by Crippen LogP contribution is 2.24. The van der Waals surface area contributed by atoms with E-state index in [4.69, 9.17) is 11.5 Å². The molecule has 8 nitrogen and oxygen atoms in total. The van der Waals surface area contributed by atoms with Gasteiger partial charge in [-0.2, -0.15) is 3.89 Å². The largest absolute Gasteiger partial charge is 0.480 e. The highest BCUT2D eigenvalue weighted by atomic mass is 32.2. The quantitative estimate of drug-likeness (QED) is 0.339. The van der Waals surface area contributed by atoms with Crippen LogP contribution in [0.4, 0.5) is 3.89 Å². The Labute approximate surface area is 151 Å². The number of hydrogen-bond acceptors (Lipinski definition) is 6. The van der Waals surface area contributed by atoms with Crippen molar-refractivity contribution >= 4 is 29.9 Å². The summed E-state index contributed by atoms with van der Waals surface area (Å²) in [7, 11) is 0. The van der Waals surface area contributed by atoms with Gasteiger partial charge in [-0.25, -0.2) is 4.79 Å². The molecule has 0 spiro atoms. The van der Waals surface area contributed by atoms with E-state index in [0.717, 1.165) is 0 Å². The maximum Gasteiger partial charge on any atom is 0.327 e. The maximum atomic E-state index is 13.1. The third-order valence-corrected chi connectivity index (χ3v) is 4.61. The lowest BCUT2D eigenvalue weighted by molar-refractivity contribution is -0.142. The molecule has 7 N–H and O–H groups in total. The minimum Gasteiger partial charge on any atom is -0.480 e. The van der Waals surface area contributed by atoms with E-state index in [1.807, 2.05) is 13.8 Å². The van der Waals surface area contributed by atoms with Crippen molar-refractivity contribution in [2.45, 2.75) is 57.5 Å². The van der Waals surface area contributed by atoms with E-state index in [2.05, 4.69) is 10.6 Å². The number of nitrogens with two attached hydrogens (primary N) is 2. The fourth-order valence-corrected chi connectivity index (χ4v) is 2.70. The molecule has 0 aromatic heterocycles. The second-order valence-corrected chi connectivity index (χ2v) is 7.38. The fraction of sp³-hybridized carbons (Fsp3) is 0.800. The van der Waals surface area contributed by atoms with Gasteiger partial charge in [0.15, 0.2) is 0 Å². The summed E-state index contributed by atoms with van der Waals surface area (Å²) in [6, 6.07) is -3.40. The molecule has 146 valence electrons. The van der Waals surface area contributed by atoms with Gasteiger partial charge in [-0.1, -0.05) is 27.7 Å². The van der Waals surface area contributed by atoms with Gasteiger partial charge in [-0.15, -0.1) is 0 Å². The first-order chi connectivity index (χ1) is 11.5. The van der Waals surface area contributed by atoms with Crippen molar-refractivity contribution in [1.82, 2.24) is 10.6 Å². The molecule has 25 heavy (non-hydrogen) atoms. The Balaban J connectivity index is 5.01. The van der Waals surface area contributed by atoms with Crippen LogP contribution in [-0.4, -0.2) is 52.8 Å². The van der Waals surface area contributed by atoms with Crippen LogP contribution in [0.3, 0.4) is 0 Å². The number of halogens is 1.